The molecule has 118 valence electrons. The molecule has 0 aliphatic heterocycles. The van der Waals surface area contributed by atoms with Crippen molar-refractivity contribution in [2.24, 2.45) is 5.41 Å². The molecule has 1 aromatic carbocycles. The highest BCUT2D eigenvalue weighted by molar-refractivity contribution is 5.37. The summed E-state index contributed by atoms with van der Waals surface area (Å²) in [5.74, 6) is 0. The zero-order valence-corrected chi connectivity index (χ0v) is 14.4. The van der Waals surface area contributed by atoms with Crippen molar-refractivity contribution in [3.63, 3.8) is 0 Å². The van der Waals surface area contributed by atoms with Crippen molar-refractivity contribution in [1.82, 2.24) is 10.2 Å². The van der Waals surface area contributed by atoms with Crippen LogP contribution in [0.5, 0.6) is 0 Å². The summed E-state index contributed by atoms with van der Waals surface area (Å²) in [6.07, 6.45) is 3.72. The van der Waals surface area contributed by atoms with Crippen LogP contribution in [0, 0.1) is 5.41 Å². The molecule has 0 heterocycles. The van der Waals surface area contributed by atoms with Gasteiger partial charge in [0.1, 0.15) is 0 Å². The summed E-state index contributed by atoms with van der Waals surface area (Å²) in [4.78, 5) is 2.43. The normalized spacial score (nSPS) is 20.2. The molecule has 21 heavy (non-hydrogen) atoms. The second-order valence-corrected chi connectivity index (χ2v) is 7.53. The van der Waals surface area contributed by atoms with Gasteiger partial charge in [0.05, 0.1) is 0 Å². The first-order valence-electron chi connectivity index (χ1n) is 8.43. The summed E-state index contributed by atoms with van der Waals surface area (Å²) in [5, 5.41) is 3.81. The average Bonchev–Trinajstić information content (AvgIpc) is 2.68. The number of nitrogens with one attached hydrogen (secondary N) is 1. The monoisotopic (exact) mass is 288 g/mol. The molecule has 0 saturated heterocycles. The van der Waals surface area contributed by atoms with Gasteiger partial charge in [-0.15, -0.1) is 0 Å². The van der Waals surface area contributed by atoms with Gasteiger partial charge in [-0.2, -0.15) is 0 Å². The van der Waals surface area contributed by atoms with Gasteiger partial charge < -0.3 is 10.2 Å². The van der Waals surface area contributed by atoms with Crippen LogP contribution in [0.15, 0.2) is 24.3 Å². The summed E-state index contributed by atoms with van der Waals surface area (Å²) in [6, 6.07) is 10.1. The van der Waals surface area contributed by atoms with Crippen LogP contribution in [0.3, 0.4) is 0 Å². The van der Waals surface area contributed by atoms with Crippen molar-refractivity contribution in [1.29, 1.82) is 0 Å². The van der Waals surface area contributed by atoms with Crippen LogP contribution < -0.4 is 5.32 Å². The van der Waals surface area contributed by atoms with Gasteiger partial charge in [-0.3, -0.25) is 0 Å². The molecule has 2 rings (SSSR count). The summed E-state index contributed by atoms with van der Waals surface area (Å²) in [5.41, 5.74) is 3.37. The Balaban J connectivity index is 1.80. The highest BCUT2D eigenvalue weighted by atomic mass is 15.1. The molecule has 1 N–H and O–H groups in total. The molecule has 0 aromatic heterocycles. The Morgan fingerprint density at radius 1 is 1.24 bits per heavy atom. The Morgan fingerprint density at radius 2 is 1.95 bits per heavy atom. The molecular weight excluding hydrogens is 256 g/mol. The molecule has 2 heteroatoms. The van der Waals surface area contributed by atoms with E-state index in [1.54, 1.807) is 0 Å². The van der Waals surface area contributed by atoms with Crippen LogP contribution in [-0.2, 0) is 6.42 Å². The topological polar surface area (TPSA) is 15.3 Å². The van der Waals surface area contributed by atoms with Crippen LogP contribution in [0.1, 0.15) is 57.7 Å². The lowest BCUT2D eigenvalue weighted by Crippen LogP contribution is -2.32. The van der Waals surface area contributed by atoms with Crippen molar-refractivity contribution >= 4 is 0 Å². The van der Waals surface area contributed by atoms with Crippen molar-refractivity contribution < 1.29 is 0 Å². The molecule has 0 amide bonds. The third-order valence-corrected chi connectivity index (χ3v) is 4.96. The fourth-order valence-corrected chi connectivity index (χ4v) is 3.37. The first-order chi connectivity index (χ1) is 9.92. The lowest BCUT2D eigenvalue weighted by atomic mass is 9.85. The van der Waals surface area contributed by atoms with E-state index in [-0.39, 0.29) is 0 Å². The Kier molecular flexibility index (Phi) is 5.45. The number of hydrogen-bond acceptors (Lipinski definition) is 2. The average molecular weight is 288 g/mol. The predicted octanol–water partition coefficient (Wildman–Crippen LogP) is 4.02. The molecule has 1 aromatic rings. The van der Waals surface area contributed by atoms with E-state index in [1.807, 2.05) is 0 Å². The third-order valence-electron chi connectivity index (χ3n) is 4.96. The smallest absolute Gasteiger partial charge is 0.0377 e. The summed E-state index contributed by atoms with van der Waals surface area (Å²) in [7, 11) is 2.22. The lowest BCUT2D eigenvalue weighted by molar-refractivity contribution is 0.254. The van der Waals surface area contributed by atoms with Crippen molar-refractivity contribution in [2.45, 2.75) is 59.0 Å². The van der Waals surface area contributed by atoms with E-state index >= 15 is 0 Å². The SMILES string of the molecule is CC(C)N(C)CCCCNC1c2ccccc2CC1(C)C. The molecule has 1 aliphatic rings. The Hall–Kier alpha value is -0.860. The standard InChI is InChI=1S/C19H32N2/c1-15(2)21(5)13-9-8-12-20-18-17-11-7-6-10-16(17)14-19(18,3)4/h6-7,10-11,15,18,20H,8-9,12-14H2,1-5H3. The van der Waals surface area contributed by atoms with Gasteiger partial charge in [-0.25, -0.2) is 0 Å². The molecule has 0 spiro atoms. The van der Waals surface area contributed by atoms with Gasteiger partial charge in [-0.1, -0.05) is 38.1 Å². The second kappa shape index (κ2) is 6.93. The minimum atomic E-state index is 0.332. The van der Waals surface area contributed by atoms with Crippen LogP contribution in [-0.4, -0.2) is 31.1 Å². The van der Waals surface area contributed by atoms with E-state index in [4.69, 9.17) is 0 Å². The van der Waals surface area contributed by atoms with Crippen molar-refractivity contribution in [3.05, 3.63) is 35.4 Å². The minimum absolute atomic E-state index is 0.332. The van der Waals surface area contributed by atoms with Gasteiger partial charge in [-0.05, 0) is 69.8 Å². The van der Waals surface area contributed by atoms with Gasteiger partial charge in [0, 0.05) is 12.1 Å². The quantitative estimate of drug-likeness (QED) is 0.762. The van der Waals surface area contributed by atoms with Crippen LogP contribution >= 0.6 is 0 Å². The summed E-state index contributed by atoms with van der Waals surface area (Å²) >= 11 is 0. The fourth-order valence-electron chi connectivity index (χ4n) is 3.37. The van der Waals surface area contributed by atoms with E-state index in [0.29, 0.717) is 17.5 Å². The number of fused-ring (bicyclic) bond motifs is 1. The molecule has 0 fully saturated rings. The first kappa shape index (κ1) is 16.5. The van der Waals surface area contributed by atoms with E-state index in [1.165, 1.54) is 36.9 Å². The molecule has 2 nitrogen and oxygen atoms in total. The van der Waals surface area contributed by atoms with Gasteiger partial charge in [0.25, 0.3) is 0 Å². The number of unbranched alkanes of at least 4 members (excludes halogenated alkanes) is 1. The maximum atomic E-state index is 3.81. The third kappa shape index (κ3) is 4.08. The summed E-state index contributed by atoms with van der Waals surface area (Å²) < 4.78 is 0. The maximum Gasteiger partial charge on any atom is 0.0377 e. The number of hydrogen-bond donors (Lipinski definition) is 1. The van der Waals surface area contributed by atoms with Crippen LogP contribution in [0.2, 0.25) is 0 Å². The zero-order valence-electron chi connectivity index (χ0n) is 14.4. The largest absolute Gasteiger partial charge is 0.309 e. The molecule has 1 unspecified atom stereocenters. The molecular formula is C19H32N2. The second-order valence-electron chi connectivity index (χ2n) is 7.53. The number of benzene rings is 1. The van der Waals surface area contributed by atoms with E-state index in [0.717, 1.165) is 6.54 Å². The van der Waals surface area contributed by atoms with E-state index in [2.05, 4.69) is 69.2 Å². The molecule has 0 bridgehead atoms. The summed E-state index contributed by atoms with van der Waals surface area (Å²) in [6.45, 7) is 11.6. The van der Waals surface area contributed by atoms with E-state index in [9.17, 15) is 0 Å². The lowest BCUT2D eigenvalue weighted by Gasteiger charge is -2.29. The molecule has 0 saturated carbocycles. The highest BCUT2D eigenvalue weighted by Crippen LogP contribution is 2.44. The van der Waals surface area contributed by atoms with Gasteiger partial charge >= 0.3 is 0 Å². The van der Waals surface area contributed by atoms with E-state index < -0.39 is 0 Å². The van der Waals surface area contributed by atoms with Crippen molar-refractivity contribution in [2.75, 3.05) is 20.1 Å². The van der Waals surface area contributed by atoms with Crippen molar-refractivity contribution in [3.8, 4) is 0 Å². The van der Waals surface area contributed by atoms with Gasteiger partial charge in [0.15, 0.2) is 0 Å². The fraction of sp³-hybridized carbons (Fsp3) is 0.684. The number of nitrogens with zero attached hydrogens (tertiary/aromatic N) is 1. The molecule has 1 atom stereocenters. The Bertz CT molecular complexity index is 451. The van der Waals surface area contributed by atoms with Crippen LogP contribution in [0.4, 0.5) is 0 Å². The van der Waals surface area contributed by atoms with Gasteiger partial charge in [0.2, 0.25) is 0 Å². The Morgan fingerprint density at radius 3 is 2.67 bits per heavy atom. The minimum Gasteiger partial charge on any atom is -0.309 e. The Labute approximate surface area is 130 Å². The molecule has 0 radical (unpaired) electrons. The maximum absolute atomic E-state index is 3.81. The predicted molar refractivity (Wildman–Crippen MR) is 91.7 cm³/mol. The van der Waals surface area contributed by atoms with Crippen LogP contribution in [0.25, 0.3) is 0 Å². The molecule has 1 aliphatic carbocycles. The zero-order chi connectivity index (χ0) is 15.5. The number of rotatable bonds is 7. The first-order valence-corrected chi connectivity index (χ1v) is 8.43. The highest BCUT2D eigenvalue weighted by Gasteiger charge is 2.37.